The molecule has 0 radical (unpaired) electrons. The van der Waals surface area contributed by atoms with Crippen molar-refractivity contribution in [3.63, 3.8) is 0 Å². The summed E-state index contributed by atoms with van der Waals surface area (Å²) in [6.45, 7) is 6.33. The molecule has 3 aromatic rings. The second-order valence-electron chi connectivity index (χ2n) is 8.13. The van der Waals surface area contributed by atoms with Gasteiger partial charge in [0.15, 0.2) is 5.11 Å². The number of thiocarbonyl (C=S) groups is 1. The predicted octanol–water partition coefficient (Wildman–Crippen LogP) is 4.60. The molecule has 0 aliphatic rings. The highest BCUT2D eigenvalue weighted by molar-refractivity contribution is 7.80. The summed E-state index contributed by atoms with van der Waals surface area (Å²) in [5.74, 6) is -0.704. The molecule has 3 aromatic carbocycles. The van der Waals surface area contributed by atoms with E-state index >= 15 is 0 Å². The van der Waals surface area contributed by atoms with Crippen LogP contribution in [0.5, 0.6) is 0 Å². The van der Waals surface area contributed by atoms with E-state index in [4.69, 9.17) is 12.2 Å². The molecule has 31 heavy (non-hydrogen) atoms. The van der Waals surface area contributed by atoms with Crippen LogP contribution in [0.4, 0.5) is 0 Å². The van der Waals surface area contributed by atoms with Crippen molar-refractivity contribution in [2.24, 2.45) is 0 Å². The summed E-state index contributed by atoms with van der Waals surface area (Å²) < 4.78 is 0. The summed E-state index contributed by atoms with van der Waals surface area (Å²) >= 11 is 5.11. The van der Waals surface area contributed by atoms with Crippen LogP contribution in [-0.2, 0) is 5.41 Å². The van der Waals surface area contributed by atoms with Crippen molar-refractivity contribution in [1.82, 2.24) is 16.2 Å². The highest BCUT2D eigenvalue weighted by Gasteiger charge is 2.15. The first-order chi connectivity index (χ1) is 14.7. The van der Waals surface area contributed by atoms with Gasteiger partial charge in [-0.3, -0.25) is 25.8 Å². The number of nitrogens with one attached hydrogen (secondary N) is 3. The van der Waals surface area contributed by atoms with Crippen LogP contribution in [0, 0.1) is 0 Å². The van der Waals surface area contributed by atoms with E-state index in [0.717, 1.165) is 16.7 Å². The lowest BCUT2D eigenvalue weighted by Gasteiger charge is -2.19. The van der Waals surface area contributed by atoms with Gasteiger partial charge in [0, 0.05) is 11.1 Å². The molecule has 0 aliphatic carbocycles. The fourth-order valence-electron chi connectivity index (χ4n) is 2.96. The molecule has 6 heteroatoms. The third-order valence-electron chi connectivity index (χ3n) is 4.78. The van der Waals surface area contributed by atoms with Gasteiger partial charge >= 0.3 is 0 Å². The molecule has 0 atom stereocenters. The van der Waals surface area contributed by atoms with Gasteiger partial charge in [-0.1, -0.05) is 75.4 Å². The smallest absolute Gasteiger partial charge is 0.269 e. The van der Waals surface area contributed by atoms with Crippen molar-refractivity contribution in [3.05, 3.63) is 95.6 Å². The standard InChI is InChI=1S/C25H25N3O2S/c1-25(2,3)21-15-13-19(14-16-21)22(29)26-24(31)28-27-23(30)20-11-9-18(10-12-20)17-7-5-4-6-8-17/h4-16H,1-3H3,(H,27,30)(H2,26,28,29,31). The van der Waals surface area contributed by atoms with Crippen molar-refractivity contribution in [1.29, 1.82) is 0 Å². The molecule has 0 aliphatic heterocycles. The van der Waals surface area contributed by atoms with Gasteiger partial charge in [0.1, 0.15) is 0 Å². The number of hydrazine groups is 1. The summed E-state index contributed by atoms with van der Waals surface area (Å²) in [6.07, 6.45) is 0. The van der Waals surface area contributed by atoms with Crippen molar-refractivity contribution in [3.8, 4) is 11.1 Å². The fourth-order valence-corrected chi connectivity index (χ4v) is 3.10. The molecule has 5 nitrogen and oxygen atoms in total. The summed E-state index contributed by atoms with van der Waals surface area (Å²) in [4.78, 5) is 24.7. The van der Waals surface area contributed by atoms with Gasteiger partial charge in [-0.15, -0.1) is 0 Å². The molecule has 0 fully saturated rings. The first-order valence-corrected chi connectivity index (χ1v) is 10.3. The molecule has 0 aromatic heterocycles. The van der Waals surface area contributed by atoms with E-state index in [-0.39, 0.29) is 22.3 Å². The molecule has 2 amide bonds. The molecule has 3 N–H and O–H groups in total. The Labute approximate surface area is 187 Å². The minimum Gasteiger partial charge on any atom is -0.298 e. The number of carbonyl (C=O) groups excluding carboxylic acids is 2. The first kappa shape index (κ1) is 22.2. The van der Waals surface area contributed by atoms with Crippen LogP contribution in [0.3, 0.4) is 0 Å². The van der Waals surface area contributed by atoms with E-state index in [1.165, 1.54) is 0 Å². The Hall–Kier alpha value is -3.51. The highest BCUT2D eigenvalue weighted by atomic mass is 32.1. The van der Waals surface area contributed by atoms with Gasteiger partial charge in [-0.05, 0) is 58.6 Å². The van der Waals surface area contributed by atoms with Gasteiger partial charge in [0.05, 0.1) is 0 Å². The quantitative estimate of drug-likeness (QED) is 0.419. The fraction of sp³-hybridized carbons (Fsp3) is 0.160. The SMILES string of the molecule is CC(C)(C)c1ccc(C(=O)NC(=S)NNC(=O)c2ccc(-c3ccccc3)cc2)cc1. The summed E-state index contributed by atoms with van der Waals surface area (Å²) in [6, 6.07) is 24.5. The van der Waals surface area contributed by atoms with E-state index in [9.17, 15) is 9.59 Å². The lowest BCUT2D eigenvalue weighted by Crippen LogP contribution is -2.48. The zero-order chi connectivity index (χ0) is 22.4. The second kappa shape index (κ2) is 9.53. The van der Waals surface area contributed by atoms with Crippen LogP contribution >= 0.6 is 12.2 Å². The number of carbonyl (C=O) groups is 2. The average Bonchev–Trinajstić information content (AvgIpc) is 2.77. The number of hydrogen-bond acceptors (Lipinski definition) is 3. The Morgan fingerprint density at radius 1 is 0.677 bits per heavy atom. The van der Waals surface area contributed by atoms with Crippen LogP contribution in [-0.4, -0.2) is 16.9 Å². The molecule has 0 saturated heterocycles. The van der Waals surface area contributed by atoms with Crippen molar-refractivity contribution < 1.29 is 9.59 Å². The number of rotatable bonds is 3. The Morgan fingerprint density at radius 3 is 1.77 bits per heavy atom. The largest absolute Gasteiger partial charge is 0.298 e. The minimum absolute atomic E-state index is 0.00937. The summed E-state index contributed by atoms with van der Waals surface area (Å²) in [5, 5.41) is 2.57. The van der Waals surface area contributed by atoms with Gasteiger partial charge in [0.2, 0.25) is 0 Å². The van der Waals surface area contributed by atoms with E-state index in [1.807, 2.05) is 54.6 Å². The van der Waals surface area contributed by atoms with Gasteiger partial charge in [-0.25, -0.2) is 0 Å². The Bertz CT molecular complexity index is 1070. The zero-order valence-corrected chi connectivity index (χ0v) is 18.5. The maximum absolute atomic E-state index is 12.4. The van der Waals surface area contributed by atoms with E-state index in [2.05, 4.69) is 36.9 Å². The lowest BCUT2D eigenvalue weighted by molar-refractivity contribution is 0.0934. The van der Waals surface area contributed by atoms with Crippen molar-refractivity contribution >= 4 is 29.1 Å². The topological polar surface area (TPSA) is 70.2 Å². The monoisotopic (exact) mass is 431 g/mol. The van der Waals surface area contributed by atoms with Gasteiger partial charge in [0.25, 0.3) is 11.8 Å². The number of amides is 2. The molecular weight excluding hydrogens is 406 g/mol. The molecule has 3 rings (SSSR count). The first-order valence-electron chi connectivity index (χ1n) is 9.92. The van der Waals surface area contributed by atoms with Crippen LogP contribution in [0.15, 0.2) is 78.9 Å². The Balaban J connectivity index is 1.52. The third kappa shape index (κ3) is 5.99. The van der Waals surface area contributed by atoms with Gasteiger partial charge in [-0.2, -0.15) is 0 Å². The summed E-state index contributed by atoms with van der Waals surface area (Å²) in [7, 11) is 0. The van der Waals surface area contributed by atoms with E-state index < -0.39 is 0 Å². The highest BCUT2D eigenvalue weighted by Crippen LogP contribution is 2.22. The molecule has 0 heterocycles. The average molecular weight is 432 g/mol. The van der Waals surface area contributed by atoms with E-state index in [1.54, 1.807) is 24.3 Å². The zero-order valence-electron chi connectivity index (χ0n) is 17.7. The number of benzene rings is 3. The number of hydrogen-bond donors (Lipinski definition) is 3. The lowest BCUT2D eigenvalue weighted by atomic mass is 9.87. The van der Waals surface area contributed by atoms with E-state index in [0.29, 0.717) is 11.1 Å². The predicted molar refractivity (Wildman–Crippen MR) is 128 cm³/mol. The molecule has 0 unspecified atom stereocenters. The molecule has 0 saturated carbocycles. The molecule has 0 spiro atoms. The summed E-state index contributed by atoms with van der Waals surface area (Å²) in [5.41, 5.74) is 9.26. The van der Waals surface area contributed by atoms with Gasteiger partial charge < -0.3 is 0 Å². The van der Waals surface area contributed by atoms with Crippen molar-refractivity contribution in [2.45, 2.75) is 26.2 Å². The van der Waals surface area contributed by atoms with Crippen LogP contribution in [0.25, 0.3) is 11.1 Å². The maximum Gasteiger partial charge on any atom is 0.269 e. The second-order valence-corrected chi connectivity index (χ2v) is 8.54. The Kier molecular flexibility index (Phi) is 6.82. The van der Waals surface area contributed by atoms with Crippen LogP contribution in [0.2, 0.25) is 0 Å². The van der Waals surface area contributed by atoms with Crippen LogP contribution < -0.4 is 16.2 Å². The van der Waals surface area contributed by atoms with Crippen LogP contribution in [0.1, 0.15) is 47.1 Å². The van der Waals surface area contributed by atoms with Crippen molar-refractivity contribution in [2.75, 3.05) is 0 Å². The Morgan fingerprint density at radius 2 is 1.19 bits per heavy atom. The molecule has 0 bridgehead atoms. The normalized spacial score (nSPS) is 10.8. The molecule has 158 valence electrons. The maximum atomic E-state index is 12.4. The minimum atomic E-state index is -0.356. The third-order valence-corrected chi connectivity index (χ3v) is 4.99. The molecular formula is C25H25N3O2S.